The van der Waals surface area contributed by atoms with Crippen molar-refractivity contribution in [3.8, 4) is 11.6 Å². The number of aromatic nitrogens is 1. The van der Waals surface area contributed by atoms with Crippen LogP contribution in [-0.2, 0) is 12.3 Å². The largest absolute Gasteiger partial charge is 0.439 e. The zero-order valence-electron chi connectivity index (χ0n) is 12.9. The Bertz CT molecular complexity index is 578. The summed E-state index contributed by atoms with van der Waals surface area (Å²) in [5.74, 6) is 2.42. The number of hydrogen-bond donors (Lipinski definition) is 0. The van der Waals surface area contributed by atoms with E-state index in [2.05, 4.69) is 37.9 Å². The van der Waals surface area contributed by atoms with E-state index in [1.54, 1.807) is 0 Å². The van der Waals surface area contributed by atoms with Crippen molar-refractivity contribution in [3.63, 3.8) is 0 Å². The van der Waals surface area contributed by atoms with Crippen molar-refractivity contribution < 1.29 is 4.74 Å². The predicted octanol–water partition coefficient (Wildman–Crippen LogP) is 5.69. The number of hydrogen-bond acceptors (Lipinski definition) is 2. The van der Waals surface area contributed by atoms with Gasteiger partial charge in [0.2, 0.25) is 5.88 Å². The van der Waals surface area contributed by atoms with E-state index in [1.165, 1.54) is 5.56 Å². The number of halogens is 1. The molecule has 0 aliphatic rings. The molecule has 0 bridgehead atoms. The first-order valence-corrected chi connectivity index (χ1v) is 7.99. The summed E-state index contributed by atoms with van der Waals surface area (Å²) >= 11 is 5.95. The predicted molar refractivity (Wildman–Crippen MR) is 88.4 cm³/mol. The van der Waals surface area contributed by atoms with Crippen molar-refractivity contribution >= 4 is 11.6 Å². The van der Waals surface area contributed by atoms with Crippen LogP contribution >= 0.6 is 11.6 Å². The first kappa shape index (κ1) is 15.8. The molecule has 0 radical (unpaired) electrons. The molecular weight excluding hydrogens is 282 g/mol. The highest BCUT2D eigenvalue weighted by atomic mass is 35.5. The van der Waals surface area contributed by atoms with Crippen molar-refractivity contribution in [2.24, 2.45) is 0 Å². The van der Waals surface area contributed by atoms with Crippen molar-refractivity contribution in [1.29, 1.82) is 0 Å². The average Bonchev–Trinajstić information content (AvgIpc) is 2.48. The number of aryl methyl sites for hydroxylation is 1. The first-order valence-electron chi connectivity index (χ1n) is 7.46. The normalized spacial score (nSPS) is 10.9. The van der Waals surface area contributed by atoms with Gasteiger partial charge in [-0.2, -0.15) is 0 Å². The molecule has 2 aromatic rings. The summed E-state index contributed by atoms with van der Waals surface area (Å²) in [6.07, 6.45) is 1.99. The second kappa shape index (κ2) is 7.46. The van der Waals surface area contributed by atoms with Crippen LogP contribution in [0.15, 0.2) is 36.4 Å². The Balaban J connectivity index is 2.19. The third-order valence-corrected chi connectivity index (χ3v) is 3.65. The highest BCUT2D eigenvalue weighted by molar-refractivity contribution is 6.17. The topological polar surface area (TPSA) is 22.1 Å². The summed E-state index contributed by atoms with van der Waals surface area (Å²) in [5, 5.41) is 0. The maximum Gasteiger partial charge on any atom is 0.219 e. The van der Waals surface area contributed by atoms with Crippen LogP contribution in [0.2, 0.25) is 0 Å². The molecule has 0 saturated heterocycles. The lowest BCUT2D eigenvalue weighted by atomic mass is 10.0. The van der Waals surface area contributed by atoms with Crippen molar-refractivity contribution in [3.05, 3.63) is 53.2 Å². The van der Waals surface area contributed by atoms with Gasteiger partial charge in [-0.15, -0.1) is 11.6 Å². The highest BCUT2D eigenvalue weighted by Gasteiger charge is 2.05. The molecule has 1 heterocycles. The maximum atomic E-state index is 5.95. The molecular formula is C18H22ClNO. The third-order valence-electron chi connectivity index (χ3n) is 3.34. The van der Waals surface area contributed by atoms with E-state index in [-0.39, 0.29) is 0 Å². The van der Waals surface area contributed by atoms with Gasteiger partial charge in [0.25, 0.3) is 0 Å². The van der Waals surface area contributed by atoms with Crippen molar-refractivity contribution in [2.75, 3.05) is 0 Å². The summed E-state index contributed by atoms with van der Waals surface area (Å²) in [4.78, 5) is 4.54. The number of alkyl halides is 1. The molecule has 0 aliphatic carbocycles. The van der Waals surface area contributed by atoms with Gasteiger partial charge in [0, 0.05) is 17.6 Å². The fraction of sp³-hybridized carbons (Fsp3) is 0.389. The number of benzene rings is 1. The molecule has 0 fully saturated rings. The number of pyridine rings is 1. The quantitative estimate of drug-likeness (QED) is 0.640. The summed E-state index contributed by atoms with van der Waals surface area (Å²) in [7, 11) is 0. The molecule has 0 saturated carbocycles. The van der Waals surface area contributed by atoms with Crippen molar-refractivity contribution in [1.82, 2.24) is 4.98 Å². The maximum absolute atomic E-state index is 5.95. The van der Waals surface area contributed by atoms with E-state index in [0.29, 0.717) is 17.7 Å². The Morgan fingerprint density at radius 2 is 1.86 bits per heavy atom. The lowest BCUT2D eigenvalue weighted by Crippen LogP contribution is -1.96. The van der Waals surface area contributed by atoms with E-state index < -0.39 is 0 Å². The molecule has 2 rings (SSSR count). The fourth-order valence-corrected chi connectivity index (χ4v) is 2.33. The average molecular weight is 304 g/mol. The Labute approximate surface area is 132 Å². The van der Waals surface area contributed by atoms with Gasteiger partial charge < -0.3 is 4.74 Å². The molecule has 1 aromatic heterocycles. The molecule has 0 amide bonds. The van der Waals surface area contributed by atoms with E-state index in [9.17, 15) is 0 Å². The van der Waals surface area contributed by atoms with Gasteiger partial charge in [0.05, 0.1) is 0 Å². The molecule has 0 aliphatic heterocycles. The van der Waals surface area contributed by atoms with Gasteiger partial charge >= 0.3 is 0 Å². The second-order valence-corrected chi connectivity index (χ2v) is 5.78. The zero-order valence-corrected chi connectivity index (χ0v) is 13.7. The molecule has 0 N–H and O–H groups in total. The summed E-state index contributed by atoms with van der Waals surface area (Å²) in [6, 6.07) is 12.1. The Morgan fingerprint density at radius 1 is 1.14 bits per heavy atom. The number of nitrogens with zero attached hydrogens (tertiary/aromatic N) is 1. The molecule has 1 aromatic carbocycles. The first-order chi connectivity index (χ1) is 10.1. The minimum atomic E-state index is 0.474. The smallest absolute Gasteiger partial charge is 0.219 e. The summed E-state index contributed by atoms with van der Waals surface area (Å²) < 4.78 is 5.87. The van der Waals surface area contributed by atoms with E-state index in [0.717, 1.165) is 29.8 Å². The lowest BCUT2D eigenvalue weighted by Gasteiger charge is -2.10. The SMILES string of the molecule is CCCc1cc(CCl)cc(Oc2ccc(C(C)C)cc2)n1. The zero-order chi connectivity index (χ0) is 15.2. The molecule has 0 unspecified atom stereocenters. The third kappa shape index (κ3) is 4.47. The van der Waals surface area contributed by atoms with Crippen LogP contribution in [0.4, 0.5) is 0 Å². The fourth-order valence-electron chi connectivity index (χ4n) is 2.18. The molecule has 21 heavy (non-hydrogen) atoms. The summed E-state index contributed by atoms with van der Waals surface area (Å²) in [5.41, 5.74) is 3.38. The standard InChI is InChI=1S/C18H22ClNO/c1-4-5-16-10-14(12-19)11-18(20-16)21-17-8-6-15(7-9-17)13(2)3/h6-11,13H,4-5,12H2,1-3H3. The molecule has 112 valence electrons. The van der Waals surface area contributed by atoms with Crippen LogP contribution in [0.1, 0.15) is 49.9 Å². The minimum absolute atomic E-state index is 0.474. The van der Waals surface area contributed by atoms with Crippen LogP contribution in [0.3, 0.4) is 0 Å². The van der Waals surface area contributed by atoms with E-state index >= 15 is 0 Å². The van der Waals surface area contributed by atoms with Crippen LogP contribution in [0.5, 0.6) is 11.6 Å². The van der Waals surface area contributed by atoms with Crippen molar-refractivity contribution in [2.45, 2.75) is 45.4 Å². The molecule has 0 atom stereocenters. The van der Waals surface area contributed by atoms with Crippen LogP contribution in [-0.4, -0.2) is 4.98 Å². The van der Waals surface area contributed by atoms with Crippen LogP contribution in [0, 0.1) is 0 Å². The van der Waals surface area contributed by atoms with E-state index in [1.807, 2.05) is 24.3 Å². The Morgan fingerprint density at radius 3 is 2.43 bits per heavy atom. The second-order valence-electron chi connectivity index (χ2n) is 5.51. The summed E-state index contributed by atoms with van der Waals surface area (Å²) in [6.45, 7) is 6.50. The molecule has 3 heteroatoms. The van der Waals surface area contributed by atoms with Crippen LogP contribution < -0.4 is 4.74 Å². The Hall–Kier alpha value is -1.54. The van der Waals surface area contributed by atoms with Gasteiger partial charge in [-0.05, 0) is 41.7 Å². The molecule has 2 nitrogen and oxygen atoms in total. The minimum Gasteiger partial charge on any atom is -0.439 e. The number of rotatable bonds is 6. The van der Waals surface area contributed by atoms with Gasteiger partial charge in [-0.1, -0.05) is 39.3 Å². The highest BCUT2D eigenvalue weighted by Crippen LogP contribution is 2.24. The van der Waals surface area contributed by atoms with Gasteiger partial charge in [-0.3, -0.25) is 0 Å². The molecule has 0 spiro atoms. The lowest BCUT2D eigenvalue weighted by molar-refractivity contribution is 0.459. The van der Waals surface area contributed by atoms with E-state index in [4.69, 9.17) is 16.3 Å². The monoisotopic (exact) mass is 303 g/mol. The van der Waals surface area contributed by atoms with Gasteiger partial charge in [0.15, 0.2) is 0 Å². The van der Waals surface area contributed by atoms with Gasteiger partial charge in [0.1, 0.15) is 5.75 Å². The van der Waals surface area contributed by atoms with Gasteiger partial charge in [-0.25, -0.2) is 4.98 Å². The Kier molecular flexibility index (Phi) is 5.63. The number of ether oxygens (including phenoxy) is 1. The van der Waals surface area contributed by atoms with Crippen LogP contribution in [0.25, 0.3) is 0 Å².